The Bertz CT molecular complexity index is 571. The number of aryl methyl sites for hydroxylation is 1. The fraction of sp³-hybridized carbons (Fsp3) is 0.417. The van der Waals surface area contributed by atoms with Crippen molar-refractivity contribution < 1.29 is 18.3 Å². The molecule has 0 bridgehead atoms. The van der Waals surface area contributed by atoms with Gasteiger partial charge in [-0.15, -0.1) is 0 Å². The van der Waals surface area contributed by atoms with Crippen molar-refractivity contribution in [3.05, 3.63) is 28.2 Å². The third-order valence-corrected chi connectivity index (χ3v) is 5.01. The molecule has 0 heterocycles. The first-order valence-corrected chi connectivity index (χ1v) is 8.07. The zero-order valence-electron chi connectivity index (χ0n) is 10.7. The first-order valence-electron chi connectivity index (χ1n) is 5.79. The Morgan fingerprint density at radius 3 is 2.63 bits per heavy atom. The Kier molecular flexibility index (Phi) is 5.51. The predicted molar refractivity (Wildman–Crippen MR) is 75.5 cm³/mol. The number of aliphatic carboxylic acids is 1. The van der Waals surface area contributed by atoms with E-state index in [0.29, 0.717) is 10.9 Å². The van der Waals surface area contributed by atoms with Crippen LogP contribution in [0.25, 0.3) is 0 Å². The highest BCUT2D eigenvalue weighted by Crippen LogP contribution is 2.23. The van der Waals surface area contributed by atoms with E-state index < -0.39 is 22.0 Å². The van der Waals surface area contributed by atoms with E-state index >= 15 is 0 Å². The minimum Gasteiger partial charge on any atom is -0.480 e. The Labute approximate surface area is 121 Å². The lowest BCUT2D eigenvalue weighted by Gasteiger charge is -2.15. The highest BCUT2D eigenvalue weighted by atomic mass is 79.9. The van der Waals surface area contributed by atoms with Gasteiger partial charge in [-0.1, -0.05) is 19.4 Å². The molecule has 1 aromatic carbocycles. The monoisotopic (exact) mass is 349 g/mol. The van der Waals surface area contributed by atoms with Crippen molar-refractivity contribution in [2.75, 3.05) is 0 Å². The quantitative estimate of drug-likeness (QED) is 0.825. The van der Waals surface area contributed by atoms with Crippen LogP contribution in [0.1, 0.15) is 25.3 Å². The Morgan fingerprint density at radius 1 is 1.47 bits per heavy atom. The molecule has 5 nitrogen and oxygen atoms in total. The zero-order valence-corrected chi connectivity index (χ0v) is 13.1. The molecule has 0 fully saturated rings. The molecule has 0 spiro atoms. The molecule has 1 aromatic rings. The van der Waals surface area contributed by atoms with Crippen molar-refractivity contribution in [2.24, 2.45) is 0 Å². The van der Waals surface area contributed by atoms with Crippen LogP contribution in [0.4, 0.5) is 0 Å². The van der Waals surface area contributed by atoms with Crippen LogP contribution in [0, 0.1) is 6.92 Å². The lowest BCUT2D eigenvalue weighted by molar-refractivity contribution is -0.139. The van der Waals surface area contributed by atoms with Gasteiger partial charge in [-0.2, -0.15) is 4.72 Å². The SMILES string of the molecule is CCCC(NS(=O)(=O)c1cc(C)ccc1Br)C(=O)O. The highest BCUT2D eigenvalue weighted by molar-refractivity contribution is 9.10. The summed E-state index contributed by atoms with van der Waals surface area (Å²) in [5.74, 6) is -1.17. The van der Waals surface area contributed by atoms with Gasteiger partial charge in [0.15, 0.2) is 0 Å². The molecule has 1 rings (SSSR count). The average molecular weight is 350 g/mol. The minimum absolute atomic E-state index is 0.0508. The fourth-order valence-corrected chi connectivity index (χ4v) is 3.86. The van der Waals surface area contributed by atoms with E-state index in [2.05, 4.69) is 20.7 Å². The van der Waals surface area contributed by atoms with E-state index in [1.807, 2.05) is 0 Å². The van der Waals surface area contributed by atoms with Crippen molar-refractivity contribution in [3.8, 4) is 0 Å². The van der Waals surface area contributed by atoms with Crippen LogP contribution < -0.4 is 4.72 Å². The molecule has 0 amide bonds. The average Bonchev–Trinajstić information content (AvgIpc) is 2.31. The smallest absolute Gasteiger partial charge is 0.321 e. The summed E-state index contributed by atoms with van der Waals surface area (Å²) in [6.45, 7) is 3.57. The molecule has 2 N–H and O–H groups in total. The van der Waals surface area contributed by atoms with Crippen LogP contribution in [0.15, 0.2) is 27.6 Å². The maximum absolute atomic E-state index is 12.2. The maximum Gasteiger partial charge on any atom is 0.321 e. The summed E-state index contributed by atoms with van der Waals surface area (Å²) in [5.41, 5.74) is 0.783. The molecule has 1 unspecified atom stereocenters. The van der Waals surface area contributed by atoms with Crippen molar-refractivity contribution in [3.63, 3.8) is 0 Å². The Balaban J connectivity index is 3.10. The van der Waals surface area contributed by atoms with Gasteiger partial charge >= 0.3 is 5.97 Å². The number of benzene rings is 1. The summed E-state index contributed by atoms with van der Waals surface area (Å²) in [5, 5.41) is 9.00. The van der Waals surface area contributed by atoms with E-state index in [-0.39, 0.29) is 11.3 Å². The van der Waals surface area contributed by atoms with Crippen molar-refractivity contribution in [1.82, 2.24) is 4.72 Å². The van der Waals surface area contributed by atoms with E-state index in [1.54, 1.807) is 26.0 Å². The summed E-state index contributed by atoms with van der Waals surface area (Å²) in [7, 11) is -3.86. The van der Waals surface area contributed by atoms with Gasteiger partial charge in [0.2, 0.25) is 10.0 Å². The van der Waals surface area contributed by atoms with Crippen molar-refractivity contribution >= 4 is 31.9 Å². The van der Waals surface area contributed by atoms with E-state index in [1.165, 1.54) is 6.07 Å². The molecular weight excluding hydrogens is 334 g/mol. The van der Waals surface area contributed by atoms with Gasteiger partial charge in [0.25, 0.3) is 0 Å². The minimum atomic E-state index is -3.86. The van der Waals surface area contributed by atoms with Crippen LogP contribution in [0.3, 0.4) is 0 Å². The van der Waals surface area contributed by atoms with E-state index in [4.69, 9.17) is 5.11 Å². The zero-order chi connectivity index (χ0) is 14.6. The van der Waals surface area contributed by atoms with Crippen LogP contribution in [-0.4, -0.2) is 25.5 Å². The topological polar surface area (TPSA) is 83.5 Å². The van der Waals surface area contributed by atoms with Gasteiger partial charge in [0, 0.05) is 4.47 Å². The molecule has 19 heavy (non-hydrogen) atoms. The van der Waals surface area contributed by atoms with Crippen molar-refractivity contribution in [2.45, 2.75) is 37.6 Å². The number of nitrogens with one attached hydrogen (secondary N) is 1. The number of carbonyl (C=O) groups is 1. The largest absolute Gasteiger partial charge is 0.480 e. The van der Waals surface area contributed by atoms with Crippen LogP contribution in [0.2, 0.25) is 0 Å². The number of carboxylic acids is 1. The van der Waals surface area contributed by atoms with Gasteiger partial charge in [-0.3, -0.25) is 4.79 Å². The third kappa shape index (κ3) is 4.29. The highest BCUT2D eigenvalue weighted by Gasteiger charge is 2.26. The molecule has 0 radical (unpaired) electrons. The predicted octanol–water partition coefficient (Wildman–Crippen LogP) is 2.29. The summed E-state index contributed by atoms with van der Waals surface area (Å²) in [6, 6.07) is 3.78. The molecular formula is C12H16BrNO4S. The normalized spacial score (nSPS) is 13.2. The van der Waals surface area contributed by atoms with Gasteiger partial charge in [-0.05, 0) is 47.0 Å². The number of sulfonamides is 1. The molecule has 0 aliphatic rings. The van der Waals surface area contributed by atoms with Crippen LogP contribution in [0.5, 0.6) is 0 Å². The first-order chi connectivity index (χ1) is 8.77. The van der Waals surface area contributed by atoms with Gasteiger partial charge in [0.05, 0.1) is 4.90 Å². The summed E-state index contributed by atoms with van der Waals surface area (Å²) in [6.07, 6.45) is 0.826. The first kappa shape index (κ1) is 16.1. The van der Waals surface area contributed by atoms with Gasteiger partial charge in [0.1, 0.15) is 6.04 Å². The molecule has 0 saturated heterocycles. The Morgan fingerprint density at radius 2 is 2.11 bits per heavy atom. The molecule has 0 aliphatic heterocycles. The maximum atomic E-state index is 12.2. The second-order valence-electron chi connectivity index (χ2n) is 4.23. The summed E-state index contributed by atoms with van der Waals surface area (Å²) in [4.78, 5) is 11.1. The second-order valence-corrected chi connectivity index (χ2v) is 6.77. The van der Waals surface area contributed by atoms with Crippen LogP contribution >= 0.6 is 15.9 Å². The number of halogens is 1. The number of carboxylic acid groups (broad SMARTS) is 1. The standard InChI is InChI=1S/C12H16BrNO4S/c1-3-4-10(12(15)16)14-19(17,18)11-7-8(2)5-6-9(11)13/h5-7,10,14H,3-4H2,1-2H3,(H,15,16). The van der Waals surface area contributed by atoms with E-state index in [0.717, 1.165) is 5.56 Å². The number of hydrogen-bond acceptors (Lipinski definition) is 3. The van der Waals surface area contributed by atoms with Gasteiger partial charge < -0.3 is 5.11 Å². The molecule has 0 aromatic heterocycles. The van der Waals surface area contributed by atoms with Crippen molar-refractivity contribution in [1.29, 1.82) is 0 Å². The fourth-order valence-electron chi connectivity index (χ4n) is 1.59. The number of rotatable bonds is 6. The van der Waals surface area contributed by atoms with Gasteiger partial charge in [-0.25, -0.2) is 8.42 Å². The molecule has 0 saturated carbocycles. The van der Waals surface area contributed by atoms with Crippen LogP contribution in [-0.2, 0) is 14.8 Å². The Hall–Kier alpha value is -0.920. The molecule has 0 aliphatic carbocycles. The number of hydrogen-bond donors (Lipinski definition) is 2. The lowest BCUT2D eigenvalue weighted by atomic mass is 10.2. The molecule has 7 heteroatoms. The third-order valence-electron chi connectivity index (χ3n) is 2.55. The summed E-state index contributed by atoms with van der Waals surface area (Å²) >= 11 is 3.17. The lowest BCUT2D eigenvalue weighted by Crippen LogP contribution is -2.40. The molecule has 106 valence electrons. The van der Waals surface area contributed by atoms with E-state index in [9.17, 15) is 13.2 Å². The molecule has 1 atom stereocenters. The summed E-state index contributed by atoms with van der Waals surface area (Å²) < 4.78 is 27.0. The second kappa shape index (κ2) is 6.49.